The highest BCUT2D eigenvalue weighted by Gasteiger charge is 2.24. The fourth-order valence-corrected chi connectivity index (χ4v) is 4.24. The van der Waals surface area contributed by atoms with Gasteiger partial charge in [-0.2, -0.15) is 0 Å². The van der Waals surface area contributed by atoms with Gasteiger partial charge in [0.2, 0.25) is 5.91 Å². The molecule has 1 amide bonds. The molecule has 1 aromatic carbocycles. The number of amides is 1. The van der Waals surface area contributed by atoms with Crippen molar-refractivity contribution in [2.24, 2.45) is 7.05 Å². The third-order valence-corrected chi connectivity index (χ3v) is 5.60. The van der Waals surface area contributed by atoms with Gasteiger partial charge in [0.15, 0.2) is 0 Å². The molecule has 0 radical (unpaired) electrons. The lowest BCUT2D eigenvalue weighted by Crippen LogP contribution is -2.40. The quantitative estimate of drug-likeness (QED) is 0.720. The number of carbonyl (C=O) groups excluding carboxylic acids is 1. The van der Waals surface area contributed by atoms with Crippen LogP contribution in [0.2, 0.25) is 0 Å². The first-order valence-corrected chi connectivity index (χ1v) is 10.3. The van der Waals surface area contributed by atoms with Crippen molar-refractivity contribution in [3.8, 4) is 6.01 Å². The molecule has 1 N–H and O–H groups in total. The summed E-state index contributed by atoms with van der Waals surface area (Å²) in [6, 6.07) is 10.8. The van der Waals surface area contributed by atoms with Gasteiger partial charge in [0.1, 0.15) is 6.10 Å². The molecule has 2 aromatic heterocycles. The Hall–Kier alpha value is -2.89. The third-order valence-electron chi connectivity index (χ3n) is 5.60. The normalized spacial score (nSPS) is 19.3. The van der Waals surface area contributed by atoms with Gasteiger partial charge >= 0.3 is 6.01 Å². The standard InChI is InChI=1S/C23H28N4O2/c1-15-12-16(2)25-23(24-15)29-19-10-8-18(9-11-19)26-22(28)13-17-14-27(3)21-7-5-4-6-20(17)21/h4-7,12,14,18-19H,8-11,13H2,1-3H3,(H,26,28). The number of para-hydroxylation sites is 1. The molecule has 152 valence electrons. The molecule has 4 rings (SSSR count). The van der Waals surface area contributed by atoms with Crippen LogP contribution in [0.1, 0.15) is 42.6 Å². The van der Waals surface area contributed by atoms with Gasteiger partial charge in [-0.15, -0.1) is 0 Å². The fourth-order valence-electron chi connectivity index (χ4n) is 4.24. The summed E-state index contributed by atoms with van der Waals surface area (Å²) in [6.07, 6.45) is 6.20. The van der Waals surface area contributed by atoms with E-state index in [4.69, 9.17) is 4.74 Å². The maximum atomic E-state index is 12.6. The van der Waals surface area contributed by atoms with Crippen LogP contribution in [0, 0.1) is 13.8 Å². The number of aromatic nitrogens is 3. The van der Waals surface area contributed by atoms with E-state index in [1.54, 1.807) is 0 Å². The van der Waals surface area contributed by atoms with Crippen molar-refractivity contribution in [3.63, 3.8) is 0 Å². The number of nitrogens with one attached hydrogen (secondary N) is 1. The second-order valence-corrected chi connectivity index (χ2v) is 8.05. The number of hydrogen-bond donors (Lipinski definition) is 1. The van der Waals surface area contributed by atoms with Gasteiger partial charge in [-0.1, -0.05) is 18.2 Å². The number of fused-ring (bicyclic) bond motifs is 1. The number of ether oxygens (including phenoxy) is 1. The SMILES string of the molecule is Cc1cc(C)nc(OC2CCC(NC(=O)Cc3cn(C)c4ccccc34)CC2)n1. The summed E-state index contributed by atoms with van der Waals surface area (Å²) in [4.78, 5) is 21.3. The Morgan fingerprint density at radius 1 is 1.14 bits per heavy atom. The maximum Gasteiger partial charge on any atom is 0.317 e. The van der Waals surface area contributed by atoms with Crippen molar-refractivity contribution in [3.05, 3.63) is 53.5 Å². The van der Waals surface area contributed by atoms with Crippen molar-refractivity contribution in [1.82, 2.24) is 19.9 Å². The molecule has 3 aromatic rings. The van der Waals surface area contributed by atoms with Crippen LogP contribution in [0.25, 0.3) is 10.9 Å². The van der Waals surface area contributed by atoms with E-state index < -0.39 is 0 Å². The van der Waals surface area contributed by atoms with Gasteiger partial charge in [0, 0.05) is 41.6 Å². The van der Waals surface area contributed by atoms with Crippen LogP contribution in [-0.2, 0) is 18.3 Å². The Morgan fingerprint density at radius 3 is 2.55 bits per heavy atom. The van der Waals surface area contributed by atoms with Gasteiger partial charge in [-0.3, -0.25) is 4.79 Å². The molecule has 0 bridgehead atoms. The zero-order chi connectivity index (χ0) is 20.4. The second-order valence-electron chi connectivity index (χ2n) is 8.05. The van der Waals surface area contributed by atoms with E-state index in [1.807, 2.05) is 39.1 Å². The first kappa shape index (κ1) is 19.4. The van der Waals surface area contributed by atoms with Crippen LogP contribution < -0.4 is 10.1 Å². The molecule has 1 aliphatic rings. The van der Waals surface area contributed by atoms with Crippen LogP contribution >= 0.6 is 0 Å². The molecule has 0 spiro atoms. The second kappa shape index (κ2) is 8.23. The molecule has 1 aliphatic carbocycles. The van der Waals surface area contributed by atoms with Gasteiger partial charge in [-0.25, -0.2) is 9.97 Å². The Balaban J connectivity index is 1.29. The van der Waals surface area contributed by atoms with Crippen LogP contribution in [0.15, 0.2) is 36.5 Å². The van der Waals surface area contributed by atoms with Gasteiger partial charge in [-0.05, 0) is 57.2 Å². The molecule has 6 heteroatoms. The maximum absolute atomic E-state index is 12.6. The van der Waals surface area contributed by atoms with E-state index in [-0.39, 0.29) is 18.1 Å². The summed E-state index contributed by atoms with van der Waals surface area (Å²) in [5.74, 6) is 0.0864. The van der Waals surface area contributed by atoms with Crippen molar-refractivity contribution in [1.29, 1.82) is 0 Å². The average Bonchev–Trinajstić information content (AvgIpc) is 2.98. The Morgan fingerprint density at radius 2 is 1.83 bits per heavy atom. The molecule has 29 heavy (non-hydrogen) atoms. The first-order chi connectivity index (χ1) is 14.0. The van der Waals surface area contributed by atoms with Crippen molar-refractivity contribution in [2.75, 3.05) is 0 Å². The summed E-state index contributed by atoms with van der Waals surface area (Å²) >= 11 is 0. The summed E-state index contributed by atoms with van der Waals surface area (Å²) in [6.45, 7) is 3.90. The summed E-state index contributed by atoms with van der Waals surface area (Å²) in [5.41, 5.74) is 4.06. The van der Waals surface area contributed by atoms with Crippen LogP contribution in [-0.4, -0.2) is 32.6 Å². The summed E-state index contributed by atoms with van der Waals surface area (Å²) in [7, 11) is 2.02. The van der Waals surface area contributed by atoms with Crippen molar-refractivity contribution in [2.45, 2.75) is 58.1 Å². The average molecular weight is 393 g/mol. The van der Waals surface area contributed by atoms with Crippen molar-refractivity contribution < 1.29 is 9.53 Å². The number of nitrogens with zero attached hydrogens (tertiary/aromatic N) is 3. The van der Waals surface area contributed by atoms with E-state index in [0.29, 0.717) is 12.4 Å². The topological polar surface area (TPSA) is 69.0 Å². The molecule has 0 atom stereocenters. The van der Waals surface area contributed by atoms with E-state index in [1.165, 1.54) is 0 Å². The highest BCUT2D eigenvalue weighted by atomic mass is 16.5. The smallest absolute Gasteiger partial charge is 0.317 e. The summed E-state index contributed by atoms with van der Waals surface area (Å²) in [5, 5.41) is 4.36. The predicted octanol–water partition coefficient (Wildman–Crippen LogP) is 3.63. The molecule has 1 fully saturated rings. The number of carbonyl (C=O) groups is 1. The van der Waals surface area contributed by atoms with Gasteiger partial charge in [0.05, 0.1) is 6.42 Å². The number of hydrogen-bond acceptors (Lipinski definition) is 4. The highest BCUT2D eigenvalue weighted by molar-refractivity contribution is 5.89. The highest BCUT2D eigenvalue weighted by Crippen LogP contribution is 2.24. The minimum atomic E-state index is 0.0864. The van der Waals surface area contributed by atoms with E-state index >= 15 is 0 Å². The van der Waals surface area contributed by atoms with Crippen molar-refractivity contribution >= 4 is 16.8 Å². The molecular formula is C23H28N4O2. The first-order valence-electron chi connectivity index (χ1n) is 10.3. The number of benzene rings is 1. The predicted molar refractivity (Wildman–Crippen MR) is 113 cm³/mol. The van der Waals surface area contributed by atoms with Crippen LogP contribution in [0.4, 0.5) is 0 Å². The Labute approximate surface area is 171 Å². The van der Waals surface area contributed by atoms with Crippen LogP contribution in [0.5, 0.6) is 6.01 Å². The lowest BCUT2D eigenvalue weighted by molar-refractivity contribution is -0.121. The zero-order valence-electron chi connectivity index (χ0n) is 17.3. The Bertz CT molecular complexity index is 999. The molecule has 2 heterocycles. The minimum Gasteiger partial charge on any atom is -0.460 e. The molecule has 1 saturated carbocycles. The summed E-state index contributed by atoms with van der Waals surface area (Å²) < 4.78 is 8.06. The molecule has 0 saturated heterocycles. The lowest BCUT2D eigenvalue weighted by atomic mass is 9.93. The monoisotopic (exact) mass is 392 g/mol. The van der Waals surface area contributed by atoms with Gasteiger partial charge in [0.25, 0.3) is 0 Å². The fraction of sp³-hybridized carbons (Fsp3) is 0.435. The minimum absolute atomic E-state index is 0.0864. The largest absolute Gasteiger partial charge is 0.460 e. The number of rotatable bonds is 5. The molecular weight excluding hydrogens is 364 g/mol. The Kier molecular flexibility index (Phi) is 5.51. The molecule has 0 unspecified atom stereocenters. The third kappa shape index (κ3) is 4.58. The van der Waals surface area contributed by atoms with E-state index in [9.17, 15) is 4.79 Å². The van der Waals surface area contributed by atoms with Gasteiger partial charge < -0.3 is 14.6 Å². The van der Waals surface area contributed by atoms with Crippen LogP contribution in [0.3, 0.4) is 0 Å². The lowest BCUT2D eigenvalue weighted by Gasteiger charge is -2.29. The van der Waals surface area contributed by atoms with E-state index in [2.05, 4.69) is 38.2 Å². The zero-order valence-corrected chi connectivity index (χ0v) is 17.3. The number of aryl methyl sites for hydroxylation is 3. The molecule has 6 nitrogen and oxygen atoms in total. The van der Waals surface area contributed by atoms with E-state index in [0.717, 1.165) is 53.5 Å². The molecule has 0 aliphatic heterocycles.